The minimum Gasteiger partial charge on any atom is -0.309 e. The van der Waals surface area contributed by atoms with Crippen molar-refractivity contribution in [2.24, 2.45) is 0 Å². The van der Waals surface area contributed by atoms with Crippen LogP contribution in [0.25, 0.3) is 171 Å². The Morgan fingerprint density at radius 3 is 1.15 bits per heavy atom. The molecular formula is C90H61N5. The van der Waals surface area contributed by atoms with Crippen molar-refractivity contribution in [3.63, 3.8) is 0 Å². The zero-order valence-electron chi connectivity index (χ0n) is 53.0. The summed E-state index contributed by atoms with van der Waals surface area (Å²) in [5.41, 5.74) is 29.6. The van der Waals surface area contributed by atoms with Crippen LogP contribution in [0.2, 0.25) is 0 Å². The number of aromatic nitrogens is 5. The highest BCUT2D eigenvalue weighted by Crippen LogP contribution is 2.52. The Kier molecular flexibility index (Phi) is 11.2. The maximum Gasteiger partial charge on any atom is 0.160 e. The second-order valence-corrected chi connectivity index (χ2v) is 27.3. The molecule has 4 heterocycles. The molecule has 446 valence electrons. The van der Waals surface area contributed by atoms with Crippen LogP contribution in [0.3, 0.4) is 0 Å². The Bertz CT molecular complexity index is 6050. The van der Waals surface area contributed by atoms with Gasteiger partial charge in [0.15, 0.2) is 5.82 Å². The van der Waals surface area contributed by atoms with Crippen LogP contribution in [-0.2, 0) is 10.8 Å². The van der Waals surface area contributed by atoms with Crippen LogP contribution >= 0.6 is 0 Å². The van der Waals surface area contributed by atoms with Gasteiger partial charge in [-0.05, 0) is 187 Å². The lowest BCUT2D eigenvalue weighted by atomic mass is 9.82. The Labute approximate surface area is 549 Å². The number of nitrogens with zero attached hydrogens (tertiary/aromatic N) is 5. The van der Waals surface area contributed by atoms with Crippen molar-refractivity contribution in [3.05, 3.63) is 320 Å². The van der Waals surface area contributed by atoms with E-state index in [1.165, 1.54) is 121 Å². The molecular weight excluding hydrogens is 1150 g/mol. The van der Waals surface area contributed by atoms with Crippen LogP contribution < -0.4 is 0 Å². The normalized spacial score (nSPS) is 13.6. The molecule has 0 fully saturated rings. The number of benzene rings is 14. The first kappa shape index (κ1) is 53.7. The van der Waals surface area contributed by atoms with Gasteiger partial charge in [-0.25, -0.2) is 9.97 Å². The van der Waals surface area contributed by atoms with Crippen LogP contribution in [-0.4, -0.2) is 23.7 Å². The Balaban J connectivity index is 0.741. The molecule has 20 rings (SSSR count). The minimum atomic E-state index is -0.110. The highest BCUT2D eigenvalue weighted by Gasteiger charge is 2.37. The maximum absolute atomic E-state index is 5.36. The van der Waals surface area contributed by atoms with Gasteiger partial charge >= 0.3 is 0 Å². The summed E-state index contributed by atoms with van der Waals surface area (Å²) in [6.07, 6.45) is 0. The van der Waals surface area contributed by atoms with Gasteiger partial charge in [0, 0.05) is 82.1 Å². The van der Waals surface area contributed by atoms with Crippen molar-refractivity contribution in [1.82, 2.24) is 23.7 Å². The van der Waals surface area contributed by atoms with Gasteiger partial charge in [0.2, 0.25) is 0 Å². The van der Waals surface area contributed by atoms with Crippen molar-refractivity contribution in [2.45, 2.75) is 38.5 Å². The van der Waals surface area contributed by atoms with Gasteiger partial charge in [0.25, 0.3) is 0 Å². The first-order valence-electron chi connectivity index (χ1n) is 33.1. The monoisotopic (exact) mass is 1210 g/mol. The summed E-state index contributed by atoms with van der Waals surface area (Å²) in [4.78, 5) is 10.7. The number of hydrogen-bond donors (Lipinski definition) is 0. The third-order valence-corrected chi connectivity index (χ3v) is 21.4. The van der Waals surface area contributed by atoms with Crippen LogP contribution in [0.4, 0.5) is 0 Å². The molecule has 5 nitrogen and oxygen atoms in total. The second-order valence-electron chi connectivity index (χ2n) is 27.3. The zero-order chi connectivity index (χ0) is 63.0. The molecule has 95 heavy (non-hydrogen) atoms. The van der Waals surface area contributed by atoms with Crippen molar-refractivity contribution in [1.29, 1.82) is 0 Å². The topological polar surface area (TPSA) is 40.6 Å². The van der Waals surface area contributed by atoms with Crippen molar-refractivity contribution in [3.8, 4) is 84.2 Å². The summed E-state index contributed by atoms with van der Waals surface area (Å²) in [7, 11) is 0. The first-order chi connectivity index (χ1) is 46.6. The molecule has 4 aromatic heterocycles. The molecule has 2 aliphatic carbocycles. The quantitative estimate of drug-likeness (QED) is 0.149. The summed E-state index contributed by atoms with van der Waals surface area (Å²) in [6.45, 7) is 9.46. The van der Waals surface area contributed by atoms with Gasteiger partial charge in [0.1, 0.15) is 0 Å². The van der Waals surface area contributed by atoms with Gasteiger partial charge in [-0.15, -0.1) is 0 Å². The minimum absolute atomic E-state index is 0.110. The molecule has 0 N–H and O–H groups in total. The molecule has 0 unspecified atom stereocenters. The van der Waals surface area contributed by atoms with E-state index in [1.807, 2.05) is 0 Å². The largest absolute Gasteiger partial charge is 0.309 e. The fourth-order valence-corrected chi connectivity index (χ4v) is 16.8. The standard InChI is InChI=1S/C90H61N5/c1-89(2)76-26-14-10-22-65(76)67-42-39-62(52-78(67)89)94-80-28-16-12-24-69(80)72-48-57(33-44-82(72)94)59-35-46-84-74(50-59)75-51-60(58-34-45-83-73(49-58)70-25-13-17-29-81(70)95(83)63-40-43-68-66-23-11-15-27-77(66)90(3,4)79(68)53-63)36-47-85(75)93(84)61-37-30-56(31-38-61)88-91-86(55-19-6-5-7-20-55)71-41-32-54-18-8-9-21-64(54)87(71)92-88/h5-53H,1-4H3. The van der Waals surface area contributed by atoms with E-state index in [0.29, 0.717) is 5.82 Å². The third-order valence-electron chi connectivity index (χ3n) is 21.4. The van der Waals surface area contributed by atoms with Crippen LogP contribution in [0.1, 0.15) is 49.9 Å². The van der Waals surface area contributed by atoms with E-state index in [9.17, 15) is 0 Å². The molecule has 0 saturated heterocycles. The smallest absolute Gasteiger partial charge is 0.160 e. The van der Waals surface area contributed by atoms with Crippen molar-refractivity contribution in [2.75, 3.05) is 0 Å². The van der Waals surface area contributed by atoms with Crippen molar-refractivity contribution < 1.29 is 0 Å². The fraction of sp³-hybridized carbons (Fsp3) is 0.0667. The molecule has 0 amide bonds. The van der Waals surface area contributed by atoms with Crippen molar-refractivity contribution >= 4 is 87.1 Å². The first-order valence-corrected chi connectivity index (χ1v) is 33.1. The van der Waals surface area contributed by atoms with Crippen LogP contribution in [0, 0.1) is 0 Å². The predicted molar refractivity (Wildman–Crippen MR) is 397 cm³/mol. The fourth-order valence-electron chi connectivity index (χ4n) is 16.8. The van der Waals surface area contributed by atoms with E-state index in [2.05, 4.69) is 339 Å². The molecule has 0 spiro atoms. The van der Waals surface area contributed by atoms with Gasteiger partial charge in [-0.2, -0.15) is 0 Å². The molecule has 0 atom stereocenters. The van der Waals surface area contributed by atoms with E-state index in [-0.39, 0.29) is 10.8 Å². The molecule has 5 heteroatoms. The van der Waals surface area contributed by atoms with Gasteiger partial charge in [0.05, 0.1) is 44.3 Å². The summed E-state index contributed by atoms with van der Waals surface area (Å²) in [6, 6.07) is 110. The Morgan fingerprint density at radius 1 is 0.242 bits per heavy atom. The van der Waals surface area contributed by atoms with E-state index in [4.69, 9.17) is 9.97 Å². The summed E-state index contributed by atoms with van der Waals surface area (Å²) < 4.78 is 7.37. The van der Waals surface area contributed by atoms with Crippen LogP contribution in [0.5, 0.6) is 0 Å². The predicted octanol–water partition coefficient (Wildman–Crippen LogP) is 23.4. The highest BCUT2D eigenvalue weighted by molar-refractivity contribution is 6.15. The highest BCUT2D eigenvalue weighted by atomic mass is 15.0. The van der Waals surface area contributed by atoms with E-state index in [0.717, 1.165) is 66.3 Å². The third kappa shape index (κ3) is 7.78. The molecule has 0 radical (unpaired) electrons. The average molecular weight is 1210 g/mol. The molecule has 0 saturated carbocycles. The second kappa shape index (κ2) is 19.8. The number of para-hydroxylation sites is 2. The lowest BCUT2D eigenvalue weighted by molar-refractivity contribution is 0.660. The Hall–Kier alpha value is -11.9. The number of rotatable bonds is 7. The number of fused-ring (bicyclic) bond motifs is 18. The molecule has 14 aromatic carbocycles. The number of hydrogen-bond acceptors (Lipinski definition) is 2. The lowest BCUT2D eigenvalue weighted by Crippen LogP contribution is -2.15. The maximum atomic E-state index is 5.36. The average Bonchev–Trinajstić information content (AvgIpc) is 1.63. The van der Waals surface area contributed by atoms with E-state index < -0.39 is 0 Å². The van der Waals surface area contributed by atoms with Gasteiger partial charge < -0.3 is 13.7 Å². The van der Waals surface area contributed by atoms with Gasteiger partial charge in [-0.1, -0.05) is 210 Å². The SMILES string of the molecule is CC1(C)c2ccccc2-c2ccc(-n3c4ccccc4c4cc(-c5ccc6c(c5)c5cc(-c7ccc8c(c7)c7ccccc7n8-c7ccc8c(c7)C(C)(C)c7ccccc7-8)ccc5n6-c5ccc(-c6nc(-c7ccccc7)c7ccc8ccccc8c7n6)cc5)ccc43)cc21. The lowest BCUT2D eigenvalue weighted by Gasteiger charge is -2.22. The summed E-state index contributed by atoms with van der Waals surface area (Å²) in [5, 5.41) is 10.6. The molecule has 0 bridgehead atoms. The Morgan fingerprint density at radius 2 is 0.632 bits per heavy atom. The van der Waals surface area contributed by atoms with Crippen LogP contribution in [0.15, 0.2) is 297 Å². The molecule has 0 aliphatic heterocycles. The summed E-state index contributed by atoms with van der Waals surface area (Å²) >= 11 is 0. The van der Waals surface area contributed by atoms with E-state index in [1.54, 1.807) is 0 Å². The van der Waals surface area contributed by atoms with Gasteiger partial charge in [-0.3, -0.25) is 0 Å². The summed E-state index contributed by atoms with van der Waals surface area (Å²) in [5.74, 6) is 0.695. The van der Waals surface area contributed by atoms with E-state index >= 15 is 0 Å². The molecule has 18 aromatic rings. The molecule has 2 aliphatic rings. The zero-order valence-corrected chi connectivity index (χ0v) is 53.0.